The van der Waals surface area contributed by atoms with Crippen molar-refractivity contribution < 1.29 is 9.59 Å². The Kier molecular flexibility index (Phi) is 7.12. The highest BCUT2D eigenvalue weighted by Gasteiger charge is 2.54. The first kappa shape index (κ1) is 25.9. The van der Waals surface area contributed by atoms with Gasteiger partial charge in [-0.3, -0.25) is 14.7 Å². The molecule has 0 spiro atoms. The average molecular weight is 513 g/mol. The van der Waals surface area contributed by atoms with E-state index in [1.165, 1.54) is 13.1 Å². The van der Waals surface area contributed by atoms with Crippen molar-refractivity contribution in [3.05, 3.63) is 28.8 Å². The molecule has 11 heteroatoms. The van der Waals surface area contributed by atoms with Crippen LogP contribution in [0.1, 0.15) is 33.1 Å². The molecule has 3 amide bonds. The minimum absolute atomic E-state index is 0.130. The summed E-state index contributed by atoms with van der Waals surface area (Å²) in [5, 5.41) is 2.72. The minimum Gasteiger partial charge on any atom is -0.338 e. The normalized spacial score (nSPS) is 28.1. The van der Waals surface area contributed by atoms with Crippen LogP contribution in [-0.4, -0.2) is 94.1 Å². The molecule has 5 N–H and O–H groups in total. The summed E-state index contributed by atoms with van der Waals surface area (Å²) in [5.74, 6) is 3.11. The lowest BCUT2D eigenvalue weighted by Gasteiger charge is -2.37. The Balaban J connectivity index is 1.10. The summed E-state index contributed by atoms with van der Waals surface area (Å²) >= 11 is 0. The number of likely N-dealkylation sites (tertiary alicyclic amines) is 1. The van der Waals surface area contributed by atoms with E-state index in [-0.39, 0.29) is 17.8 Å². The van der Waals surface area contributed by atoms with Crippen LogP contribution < -0.4 is 22.5 Å². The molecule has 0 radical (unpaired) electrons. The van der Waals surface area contributed by atoms with Gasteiger partial charge in [-0.15, -0.1) is 0 Å². The van der Waals surface area contributed by atoms with Crippen LogP contribution in [0.15, 0.2) is 23.1 Å². The van der Waals surface area contributed by atoms with Crippen LogP contribution in [0, 0.1) is 23.7 Å². The first-order valence-corrected chi connectivity index (χ1v) is 13.5. The SMILES string of the molecule is CC(C)(N)C(=O)N1CCN(C(=O)Nc2ccn(C3=CCC(CN4CC5C(CN)C5C4)CC3)c(=O)n2)CC1. The van der Waals surface area contributed by atoms with E-state index < -0.39 is 11.2 Å². The third-order valence-electron chi connectivity index (χ3n) is 8.48. The second-order valence-electron chi connectivity index (χ2n) is 11.7. The molecule has 202 valence electrons. The van der Waals surface area contributed by atoms with Crippen molar-refractivity contribution in [2.24, 2.45) is 35.1 Å². The number of piperidine rings is 1. The number of rotatable bonds is 6. The molecule has 11 nitrogen and oxygen atoms in total. The fraction of sp³-hybridized carbons (Fsp3) is 0.692. The predicted octanol–water partition coefficient (Wildman–Crippen LogP) is 0.434. The van der Waals surface area contributed by atoms with E-state index >= 15 is 0 Å². The molecule has 2 aliphatic carbocycles. The van der Waals surface area contributed by atoms with Gasteiger partial charge in [0.15, 0.2) is 0 Å². The van der Waals surface area contributed by atoms with E-state index in [0.717, 1.165) is 55.8 Å². The molecule has 1 saturated carbocycles. The standard InChI is InChI=1S/C26H40N8O3/c1-26(2,28)23(35)32-9-11-33(12-10-32)24(36)29-22-7-8-34(25(37)30-22)18-5-3-17(4-6-18)14-31-15-20-19(13-27)21(20)16-31/h5,7-8,17,19-21H,3-4,6,9-16,27-28H2,1-2H3,(H,29,30,36,37). The van der Waals surface area contributed by atoms with E-state index in [4.69, 9.17) is 11.5 Å². The number of hydrogen-bond acceptors (Lipinski definition) is 7. The van der Waals surface area contributed by atoms with Crippen molar-refractivity contribution in [1.29, 1.82) is 0 Å². The second kappa shape index (κ2) is 10.2. The highest BCUT2D eigenvalue weighted by molar-refractivity contribution is 5.89. The Bertz CT molecular complexity index is 1110. The monoisotopic (exact) mass is 512 g/mol. The van der Waals surface area contributed by atoms with E-state index in [1.807, 2.05) is 0 Å². The summed E-state index contributed by atoms with van der Waals surface area (Å²) in [6.45, 7) is 9.32. The zero-order valence-corrected chi connectivity index (χ0v) is 21.9. The molecule has 0 bridgehead atoms. The molecule has 37 heavy (non-hydrogen) atoms. The van der Waals surface area contributed by atoms with Crippen LogP contribution in [0.3, 0.4) is 0 Å². The van der Waals surface area contributed by atoms with Crippen LogP contribution in [0.5, 0.6) is 0 Å². The van der Waals surface area contributed by atoms with Gasteiger partial charge in [0, 0.05) is 57.7 Å². The number of nitrogens with two attached hydrogens (primary N) is 2. The van der Waals surface area contributed by atoms with Gasteiger partial charge in [0.2, 0.25) is 5.91 Å². The summed E-state index contributed by atoms with van der Waals surface area (Å²) in [7, 11) is 0. The van der Waals surface area contributed by atoms with Crippen molar-refractivity contribution in [3.63, 3.8) is 0 Å². The van der Waals surface area contributed by atoms with Gasteiger partial charge in [-0.2, -0.15) is 4.98 Å². The fourth-order valence-corrected chi connectivity index (χ4v) is 6.26. The van der Waals surface area contributed by atoms with Crippen molar-refractivity contribution in [3.8, 4) is 0 Å². The van der Waals surface area contributed by atoms with E-state index in [2.05, 4.69) is 21.3 Å². The highest BCUT2D eigenvalue weighted by atomic mass is 16.2. The topological polar surface area (TPSA) is 143 Å². The van der Waals surface area contributed by atoms with Gasteiger partial charge in [0.05, 0.1) is 5.54 Å². The van der Waals surface area contributed by atoms with Crippen LogP contribution >= 0.6 is 0 Å². The maximum absolute atomic E-state index is 12.7. The third kappa shape index (κ3) is 5.58. The number of nitrogens with zero attached hydrogens (tertiary/aromatic N) is 5. The summed E-state index contributed by atoms with van der Waals surface area (Å²) < 4.78 is 1.59. The number of amides is 3. The summed E-state index contributed by atoms with van der Waals surface area (Å²) in [5.41, 5.74) is 11.4. The number of hydrogen-bond donors (Lipinski definition) is 3. The molecule has 2 saturated heterocycles. The van der Waals surface area contributed by atoms with Gasteiger partial charge in [0.25, 0.3) is 0 Å². The molecular weight excluding hydrogens is 472 g/mol. The summed E-state index contributed by atoms with van der Waals surface area (Å²) in [6, 6.07) is 1.33. The van der Waals surface area contributed by atoms with Crippen molar-refractivity contribution in [1.82, 2.24) is 24.3 Å². The van der Waals surface area contributed by atoms with Crippen molar-refractivity contribution in [2.75, 3.05) is 57.7 Å². The Morgan fingerprint density at radius 3 is 2.38 bits per heavy atom. The van der Waals surface area contributed by atoms with Crippen LogP contribution in [0.25, 0.3) is 5.70 Å². The lowest BCUT2D eigenvalue weighted by Crippen LogP contribution is -2.58. The number of aromatic nitrogens is 2. The number of urea groups is 1. The number of fused-ring (bicyclic) bond motifs is 1. The largest absolute Gasteiger partial charge is 0.353 e. The molecule has 1 aromatic heterocycles. The number of allylic oxidation sites excluding steroid dienone is 2. The zero-order chi connectivity index (χ0) is 26.3. The number of carbonyl (C=O) groups is 2. The van der Waals surface area contributed by atoms with Gasteiger partial charge in [-0.1, -0.05) is 6.08 Å². The quantitative estimate of drug-likeness (QED) is 0.502. The molecule has 3 unspecified atom stereocenters. The molecule has 0 aromatic carbocycles. The van der Waals surface area contributed by atoms with Crippen molar-refractivity contribution in [2.45, 2.75) is 38.6 Å². The van der Waals surface area contributed by atoms with Gasteiger partial charge in [0.1, 0.15) is 5.82 Å². The number of piperazine rings is 1. The third-order valence-corrected chi connectivity index (χ3v) is 8.48. The second-order valence-corrected chi connectivity index (χ2v) is 11.7. The molecule has 1 aromatic rings. The number of anilines is 1. The Morgan fingerprint density at radius 1 is 1.14 bits per heavy atom. The summed E-state index contributed by atoms with van der Waals surface area (Å²) in [6.07, 6.45) is 6.71. The molecule has 2 aliphatic heterocycles. The number of nitrogens with one attached hydrogen (secondary N) is 1. The van der Waals surface area contributed by atoms with E-state index in [9.17, 15) is 14.4 Å². The average Bonchev–Trinajstić information content (AvgIpc) is 3.36. The van der Waals surface area contributed by atoms with Crippen molar-refractivity contribution >= 4 is 23.5 Å². The maximum atomic E-state index is 12.7. The first-order valence-electron chi connectivity index (χ1n) is 13.5. The lowest BCUT2D eigenvalue weighted by atomic mass is 9.91. The Labute approximate surface area is 217 Å². The first-order chi connectivity index (χ1) is 17.6. The van der Waals surface area contributed by atoms with E-state index in [0.29, 0.717) is 32.1 Å². The fourth-order valence-electron chi connectivity index (χ4n) is 6.26. The van der Waals surface area contributed by atoms with Crippen LogP contribution in [0.2, 0.25) is 0 Å². The summed E-state index contributed by atoms with van der Waals surface area (Å²) in [4.78, 5) is 47.8. The van der Waals surface area contributed by atoms with Gasteiger partial charge >= 0.3 is 11.7 Å². The predicted molar refractivity (Wildman–Crippen MR) is 142 cm³/mol. The molecular formula is C26H40N8O3. The van der Waals surface area contributed by atoms with Crippen LogP contribution in [0.4, 0.5) is 10.6 Å². The maximum Gasteiger partial charge on any atom is 0.353 e. The Morgan fingerprint density at radius 2 is 1.81 bits per heavy atom. The molecule has 3 fully saturated rings. The smallest absolute Gasteiger partial charge is 0.338 e. The van der Waals surface area contributed by atoms with Gasteiger partial charge < -0.3 is 26.2 Å². The molecule has 3 heterocycles. The minimum atomic E-state index is -0.935. The molecule has 5 rings (SSSR count). The van der Waals surface area contributed by atoms with Gasteiger partial charge in [-0.05, 0) is 69.4 Å². The highest BCUT2D eigenvalue weighted by Crippen LogP contribution is 2.51. The molecule has 3 atom stereocenters. The van der Waals surface area contributed by atoms with E-state index in [1.54, 1.807) is 40.5 Å². The Hall–Kier alpha value is -2.76. The number of carbonyl (C=O) groups excluding carboxylic acids is 2. The molecule has 4 aliphatic rings. The zero-order valence-electron chi connectivity index (χ0n) is 21.9. The lowest BCUT2D eigenvalue weighted by molar-refractivity contribution is -0.137. The van der Waals surface area contributed by atoms with Gasteiger partial charge in [-0.25, -0.2) is 9.59 Å². The van der Waals surface area contributed by atoms with Crippen LogP contribution in [-0.2, 0) is 4.79 Å².